The van der Waals surface area contributed by atoms with Crippen LogP contribution in [-0.4, -0.2) is 5.11 Å². The second-order valence-electron chi connectivity index (χ2n) is 6.02. The van der Waals surface area contributed by atoms with Crippen LogP contribution in [0.1, 0.15) is 56.7 Å². The van der Waals surface area contributed by atoms with Gasteiger partial charge in [-0.05, 0) is 48.8 Å². The molecule has 0 radical (unpaired) electrons. The Morgan fingerprint density at radius 3 is 2.12 bits per heavy atom. The molecule has 0 aliphatic rings. The van der Waals surface area contributed by atoms with E-state index in [2.05, 4.69) is 32.9 Å². The van der Waals surface area contributed by atoms with E-state index in [9.17, 15) is 5.11 Å². The van der Waals surface area contributed by atoms with Gasteiger partial charge >= 0.3 is 0 Å². The van der Waals surface area contributed by atoms with Crippen LogP contribution in [-0.2, 0) is 6.42 Å². The number of hydrogen-bond acceptors (Lipinski definition) is 1. The van der Waals surface area contributed by atoms with Gasteiger partial charge in [0.2, 0.25) is 0 Å². The highest BCUT2D eigenvalue weighted by Crippen LogP contribution is 2.31. The first kappa shape index (κ1) is 14.1. The molecule has 17 heavy (non-hydrogen) atoms. The van der Waals surface area contributed by atoms with E-state index in [0.29, 0.717) is 11.2 Å². The molecule has 0 amide bonds. The topological polar surface area (TPSA) is 20.2 Å². The van der Waals surface area contributed by atoms with E-state index in [-0.39, 0.29) is 0 Å². The van der Waals surface area contributed by atoms with Gasteiger partial charge < -0.3 is 5.11 Å². The summed E-state index contributed by atoms with van der Waals surface area (Å²) in [5.41, 5.74) is 3.68. The number of phenols is 1. The maximum atomic E-state index is 9.77. The smallest absolute Gasteiger partial charge is 0.121 e. The summed E-state index contributed by atoms with van der Waals surface area (Å²) in [6.07, 6.45) is 4.91. The van der Waals surface area contributed by atoms with Gasteiger partial charge in [-0.2, -0.15) is 0 Å². The Kier molecular flexibility index (Phi) is 4.62. The third kappa shape index (κ3) is 4.07. The van der Waals surface area contributed by atoms with Crippen LogP contribution in [0.15, 0.2) is 12.1 Å². The highest BCUT2D eigenvalue weighted by molar-refractivity contribution is 5.42. The van der Waals surface area contributed by atoms with E-state index in [0.717, 1.165) is 17.5 Å². The van der Waals surface area contributed by atoms with Crippen LogP contribution in [0.5, 0.6) is 5.75 Å². The maximum Gasteiger partial charge on any atom is 0.121 e. The second-order valence-corrected chi connectivity index (χ2v) is 6.02. The maximum absolute atomic E-state index is 9.77. The molecule has 0 bridgehead atoms. The number of aryl methyl sites for hydroxylation is 2. The normalized spacial score (nSPS) is 11.8. The third-order valence-corrected chi connectivity index (χ3v) is 3.44. The van der Waals surface area contributed by atoms with Gasteiger partial charge in [0.15, 0.2) is 0 Å². The first-order valence-electron chi connectivity index (χ1n) is 6.65. The molecule has 0 fully saturated rings. The van der Waals surface area contributed by atoms with Crippen molar-refractivity contribution in [2.45, 2.75) is 60.3 Å². The molecule has 0 atom stereocenters. The molecule has 1 heteroatoms. The van der Waals surface area contributed by atoms with Gasteiger partial charge in [0.25, 0.3) is 0 Å². The van der Waals surface area contributed by atoms with Gasteiger partial charge in [-0.3, -0.25) is 0 Å². The van der Waals surface area contributed by atoms with Crippen molar-refractivity contribution in [3.8, 4) is 5.75 Å². The van der Waals surface area contributed by atoms with E-state index in [1.165, 1.54) is 24.8 Å². The zero-order valence-electron chi connectivity index (χ0n) is 11.9. The molecule has 0 saturated carbocycles. The van der Waals surface area contributed by atoms with E-state index in [1.54, 1.807) is 0 Å². The first-order chi connectivity index (χ1) is 7.85. The summed E-state index contributed by atoms with van der Waals surface area (Å²) >= 11 is 0. The Morgan fingerprint density at radius 1 is 1.12 bits per heavy atom. The predicted molar refractivity (Wildman–Crippen MR) is 74.6 cm³/mol. The molecule has 1 N–H and O–H groups in total. The molecule has 96 valence electrons. The molecule has 1 aromatic carbocycles. The molecule has 1 aromatic rings. The molecule has 0 aromatic heterocycles. The minimum atomic E-state index is 0.353. The van der Waals surface area contributed by atoms with Gasteiger partial charge in [-0.1, -0.05) is 45.7 Å². The Balaban J connectivity index is 2.81. The summed E-state index contributed by atoms with van der Waals surface area (Å²) in [4.78, 5) is 0. The first-order valence-corrected chi connectivity index (χ1v) is 6.65. The fourth-order valence-corrected chi connectivity index (χ4v) is 2.44. The van der Waals surface area contributed by atoms with Crippen molar-refractivity contribution in [1.82, 2.24) is 0 Å². The van der Waals surface area contributed by atoms with Crippen LogP contribution < -0.4 is 0 Å². The molecule has 1 nitrogen and oxygen atoms in total. The Labute approximate surface area is 106 Å². The van der Waals surface area contributed by atoms with Crippen LogP contribution in [0.4, 0.5) is 0 Å². The average molecular weight is 234 g/mol. The van der Waals surface area contributed by atoms with Crippen molar-refractivity contribution in [1.29, 1.82) is 0 Å². The summed E-state index contributed by atoms with van der Waals surface area (Å²) in [6, 6.07) is 4.24. The number of unbranched alkanes of at least 4 members (excludes halogenated alkanes) is 1. The molecule has 0 unspecified atom stereocenters. The lowest BCUT2D eigenvalue weighted by molar-refractivity contribution is 0.321. The summed E-state index contributed by atoms with van der Waals surface area (Å²) in [7, 11) is 0. The van der Waals surface area contributed by atoms with Crippen LogP contribution in [0.2, 0.25) is 0 Å². The monoisotopic (exact) mass is 234 g/mol. The molecule has 1 rings (SSSR count). The zero-order chi connectivity index (χ0) is 13.1. The number of hydrogen-bond donors (Lipinski definition) is 1. The highest BCUT2D eigenvalue weighted by Gasteiger charge is 2.18. The van der Waals surface area contributed by atoms with Crippen molar-refractivity contribution < 1.29 is 5.11 Å². The van der Waals surface area contributed by atoms with Crippen molar-refractivity contribution in [3.05, 3.63) is 28.8 Å². The van der Waals surface area contributed by atoms with Crippen molar-refractivity contribution in [3.63, 3.8) is 0 Å². The Morgan fingerprint density at radius 2 is 1.65 bits per heavy atom. The molecule has 0 saturated heterocycles. The fourth-order valence-electron chi connectivity index (χ4n) is 2.44. The molecular formula is C16H26O. The van der Waals surface area contributed by atoms with Crippen molar-refractivity contribution >= 4 is 0 Å². The van der Waals surface area contributed by atoms with Gasteiger partial charge in [0, 0.05) is 0 Å². The van der Waals surface area contributed by atoms with Crippen LogP contribution in [0.3, 0.4) is 0 Å². The van der Waals surface area contributed by atoms with E-state index in [1.807, 2.05) is 13.8 Å². The minimum Gasteiger partial charge on any atom is -0.507 e. The minimum absolute atomic E-state index is 0.353. The quantitative estimate of drug-likeness (QED) is 0.778. The van der Waals surface area contributed by atoms with Crippen LogP contribution in [0, 0.1) is 19.3 Å². The van der Waals surface area contributed by atoms with Gasteiger partial charge in [-0.15, -0.1) is 0 Å². The molecular weight excluding hydrogens is 208 g/mol. The molecule has 0 aliphatic heterocycles. The second kappa shape index (κ2) is 5.57. The van der Waals surface area contributed by atoms with E-state index < -0.39 is 0 Å². The molecule has 0 heterocycles. The van der Waals surface area contributed by atoms with Crippen molar-refractivity contribution in [2.24, 2.45) is 5.41 Å². The number of aromatic hydroxyl groups is 1. The molecule has 0 aliphatic carbocycles. The van der Waals surface area contributed by atoms with Crippen LogP contribution in [0.25, 0.3) is 0 Å². The number of rotatable bonds is 5. The summed E-state index contributed by atoms with van der Waals surface area (Å²) in [6.45, 7) is 10.9. The highest BCUT2D eigenvalue weighted by atomic mass is 16.3. The Hall–Kier alpha value is -0.980. The standard InChI is InChI=1S/C16H26O/c1-6-7-8-16(4,5)11-14-9-12(2)15(17)13(3)10-14/h9-10,17H,6-8,11H2,1-5H3. The lowest BCUT2D eigenvalue weighted by Crippen LogP contribution is -2.15. The van der Waals surface area contributed by atoms with Gasteiger partial charge in [0.1, 0.15) is 5.75 Å². The summed E-state index contributed by atoms with van der Waals surface area (Å²) in [5.74, 6) is 0.445. The Bertz CT molecular complexity index is 354. The van der Waals surface area contributed by atoms with Gasteiger partial charge in [-0.25, -0.2) is 0 Å². The number of phenolic OH excluding ortho intramolecular Hbond substituents is 1. The van der Waals surface area contributed by atoms with Crippen molar-refractivity contribution in [2.75, 3.05) is 0 Å². The fraction of sp³-hybridized carbons (Fsp3) is 0.625. The lowest BCUT2D eigenvalue weighted by Gasteiger charge is -2.25. The number of benzene rings is 1. The molecule has 0 spiro atoms. The largest absolute Gasteiger partial charge is 0.507 e. The average Bonchev–Trinajstić information content (AvgIpc) is 2.22. The predicted octanol–water partition coefficient (Wildman–Crippen LogP) is 4.77. The summed E-state index contributed by atoms with van der Waals surface area (Å²) in [5, 5.41) is 9.77. The van der Waals surface area contributed by atoms with E-state index >= 15 is 0 Å². The summed E-state index contributed by atoms with van der Waals surface area (Å²) < 4.78 is 0. The lowest BCUT2D eigenvalue weighted by atomic mass is 9.80. The van der Waals surface area contributed by atoms with Crippen LogP contribution >= 0.6 is 0 Å². The zero-order valence-corrected chi connectivity index (χ0v) is 11.9. The van der Waals surface area contributed by atoms with E-state index in [4.69, 9.17) is 0 Å². The third-order valence-electron chi connectivity index (χ3n) is 3.44. The van der Waals surface area contributed by atoms with Gasteiger partial charge in [0.05, 0.1) is 0 Å². The SMILES string of the molecule is CCCCC(C)(C)Cc1cc(C)c(O)c(C)c1.